The number of hydrogen-bond donors (Lipinski definition) is 2. The van der Waals surface area contributed by atoms with E-state index in [0.29, 0.717) is 17.9 Å². The zero-order chi connectivity index (χ0) is 13.4. The molecule has 1 aromatic carbocycles. The third kappa shape index (κ3) is 2.29. The van der Waals surface area contributed by atoms with E-state index in [1.54, 1.807) is 6.08 Å². The second-order valence-corrected chi connectivity index (χ2v) is 5.19. The highest BCUT2D eigenvalue weighted by atomic mass is 16.7. The average molecular weight is 260 g/mol. The van der Waals surface area contributed by atoms with Gasteiger partial charge in [-0.3, -0.25) is 9.69 Å². The number of fused-ring (bicyclic) bond motifs is 1. The lowest BCUT2D eigenvalue weighted by atomic mass is 10.0. The van der Waals surface area contributed by atoms with Gasteiger partial charge in [0.05, 0.1) is 0 Å². The van der Waals surface area contributed by atoms with Crippen molar-refractivity contribution < 1.29 is 14.7 Å². The minimum absolute atomic E-state index is 0.101. The lowest BCUT2D eigenvalue weighted by Crippen LogP contribution is -2.44. The van der Waals surface area contributed by atoms with Crippen LogP contribution in [0.5, 0.6) is 11.5 Å². The first-order valence-electron chi connectivity index (χ1n) is 6.35. The number of likely N-dealkylation sites (tertiary alicyclic amines) is 1. The van der Waals surface area contributed by atoms with E-state index in [1.165, 1.54) is 6.08 Å². The normalized spacial score (nSPS) is 19.1. The van der Waals surface area contributed by atoms with Gasteiger partial charge in [0.15, 0.2) is 5.75 Å². The van der Waals surface area contributed by atoms with E-state index in [0.717, 1.165) is 24.6 Å². The van der Waals surface area contributed by atoms with Crippen molar-refractivity contribution in [2.75, 3.05) is 13.1 Å². The number of hydrogen-bond acceptors (Lipinski definition) is 4. The minimum atomic E-state index is -0.339. The van der Waals surface area contributed by atoms with Gasteiger partial charge in [-0.05, 0) is 12.0 Å². The molecule has 1 aromatic rings. The van der Waals surface area contributed by atoms with Crippen molar-refractivity contribution in [2.24, 2.45) is 5.92 Å². The van der Waals surface area contributed by atoms with Gasteiger partial charge in [0.1, 0.15) is 0 Å². The summed E-state index contributed by atoms with van der Waals surface area (Å²) < 4.78 is 0. The van der Waals surface area contributed by atoms with Gasteiger partial charge in [0.25, 0.3) is 5.91 Å². The Balaban J connectivity index is 1.85. The lowest BCUT2D eigenvalue weighted by molar-refractivity contribution is -0.122. The largest absolute Gasteiger partial charge is 0.504 e. The number of carbonyl (C=O) groups excluding carboxylic acids is 1. The maximum absolute atomic E-state index is 11.2. The maximum Gasteiger partial charge on any atom is 0.276 e. The van der Waals surface area contributed by atoms with E-state index in [9.17, 15) is 9.90 Å². The van der Waals surface area contributed by atoms with Gasteiger partial charge in [0, 0.05) is 36.8 Å². The Labute approximate surface area is 111 Å². The summed E-state index contributed by atoms with van der Waals surface area (Å²) in [4.78, 5) is 18.6. The van der Waals surface area contributed by atoms with Gasteiger partial charge in [-0.1, -0.05) is 19.1 Å². The molecule has 0 aliphatic carbocycles. The zero-order valence-electron chi connectivity index (χ0n) is 10.7. The molecule has 19 heavy (non-hydrogen) atoms. The molecule has 0 atom stereocenters. The monoisotopic (exact) mass is 260 g/mol. The number of carbonyl (C=O) groups is 1. The molecule has 1 amide bonds. The van der Waals surface area contributed by atoms with Crippen molar-refractivity contribution in [3.8, 4) is 11.5 Å². The molecule has 100 valence electrons. The van der Waals surface area contributed by atoms with Gasteiger partial charge in [0.2, 0.25) is 5.75 Å². The minimum Gasteiger partial charge on any atom is -0.504 e. The molecular formula is C14H16N2O3. The molecule has 0 bridgehead atoms. The zero-order valence-corrected chi connectivity index (χ0v) is 10.7. The number of phenolic OH excluding ortho intramolecular Hbond substituents is 1. The van der Waals surface area contributed by atoms with Crippen LogP contribution >= 0.6 is 0 Å². The molecular weight excluding hydrogens is 244 g/mol. The Bertz CT molecular complexity index is 548. The van der Waals surface area contributed by atoms with Gasteiger partial charge >= 0.3 is 0 Å². The molecule has 2 N–H and O–H groups in total. The molecule has 0 saturated carbocycles. The summed E-state index contributed by atoms with van der Waals surface area (Å²) in [7, 11) is 0. The molecule has 5 heteroatoms. The summed E-state index contributed by atoms with van der Waals surface area (Å²) >= 11 is 0. The molecule has 2 aliphatic rings. The van der Waals surface area contributed by atoms with Gasteiger partial charge in [-0.2, -0.15) is 5.48 Å². The van der Waals surface area contributed by atoms with Crippen LogP contribution < -0.4 is 10.3 Å². The highest BCUT2D eigenvalue weighted by molar-refractivity contribution is 5.92. The predicted molar refractivity (Wildman–Crippen MR) is 70.4 cm³/mol. The molecule has 2 heterocycles. The van der Waals surface area contributed by atoms with E-state index >= 15 is 0 Å². The number of benzene rings is 1. The molecule has 1 saturated heterocycles. The molecule has 1 fully saturated rings. The van der Waals surface area contributed by atoms with Crippen LogP contribution in [0.2, 0.25) is 0 Å². The quantitative estimate of drug-likeness (QED) is 0.841. The van der Waals surface area contributed by atoms with Gasteiger partial charge in [-0.15, -0.1) is 0 Å². The highest BCUT2D eigenvalue weighted by Gasteiger charge is 2.24. The first-order valence-corrected chi connectivity index (χ1v) is 6.35. The smallest absolute Gasteiger partial charge is 0.276 e. The first kappa shape index (κ1) is 12.0. The van der Waals surface area contributed by atoms with Gasteiger partial charge < -0.3 is 9.94 Å². The van der Waals surface area contributed by atoms with E-state index in [1.807, 2.05) is 12.1 Å². The van der Waals surface area contributed by atoms with Gasteiger partial charge in [-0.25, -0.2) is 0 Å². The average Bonchev–Trinajstić information content (AvgIpc) is 2.53. The second-order valence-electron chi connectivity index (χ2n) is 5.19. The van der Waals surface area contributed by atoms with Crippen molar-refractivity contribution in [3.05, 3.63) is 29.3 Å². The van der Waals surface area contributed by atoms with E-state index in [2.05, 4.69) is 17.3 Å². The van der Waals surface area contributed by atoms with Crippen molar-refractivity contribution in [3.63, 3.8) is 0 Å². The van der Waals surface area contributed by atoms with Crippen LogP contribution in [0.15, 0.2) is 18.2 Å². The van der Waals surface area contributed by atoms with Crippen LogP contribution in [-0.2, 0) is 11.3 Å². The molecule has 0 spiro atoms. The second kappa shape index (κ2) is 4.59. The Kier molecular flexibility index (Phi) is 2.91. The summed E-state index contributed by atoms with van der Waals surface area (Å²) in [6, 6.07) is 3.73. The van der Waals surface area contributed by atoms with E-state index in [4.69, 9.17) is 4.84 Å². The molecule has 5 nitrogen and oxygen atoms in total. The summed E-state index contributed by atoms with van der Waals surface area (Å²) in [6.45, 7) is 5.00. The van der Waals surface area contributed by atoms with E-state index in [-0.39, 0.29) is 11.7 Å². The van der Waals surface area contributed by atoms with Crippen molar-refractivity contribution in [1.82, 2.24) is 10.4 Å². The standard InChI is InChI=1S/C14H16N2O3/c1-9-6-16(7-9)8-11-3-2-10-4-5-12(17)15-19-14(10)13(11)18/h2-5,9,18H,6-8H2,1H3,(H,15,17). The van der Waals surface area contributed by atoms with Crippen LogP contribution in [0.25, 0.3) is 6.08 Å². The van der Waals surface area contributed by atoms with E-state index < -0.39 is 0 Å². The van der Waals surface area contributed by atoms with Crippen LogP contribution in [0.1, 0.15) is 18.1 Å². The van der Waals surface area contributed by atoms with Crippen molar-refractivity contribution in [2.45, 2.75) is 13.5 Å². The number of aromatic hydroxyl groups is 1. The number of phenols is 1. The predicted octanol–water partition coefficient (Wildman–Crippen LogP) is 1.28. The third-order valence-corrected chi connectivity index (χ3v) is 3.45. The third-order valence-electron chi connectivity index (χ3n) is 3.45. The molecule has 2 aliphatic heterocycles. The Morgan fingerprint density at radius 1 is 1.42 bits per heavy atom. The number of rotatable bonds is 2. The van der Waals surface area contributed by atoms with Crippen molar-refractivity contribution in [1.29, 1.82) is 0 Å². The molecule has 0 radical (unpaired) electrons. The van der Waals surface area contributed by atoms with Crippen LogP contribution in [0.3, 0.4) is 0 Å². The summed E-state index contributed by atoms with van der Waals surface area (Å²) in [5.74, 6) is 0.798. The Hall–Kier alpha value is -2.01. The highest BCUT2D eigenvalue weighted by Crippen LogP contribution is 2.36. The summed E-state index contributed by atoms with van der Waals surface area (Å²) in [5.41, 5.74) is 3.76. The number of nitrogens with one attached hydrogen (secondary N) is 1. The fourth-order valence-corrected chi connectivity index (χ4v) is 2.49. The molecule has 0 unspecified atom stereocenters. The maximum atomic E-state index is 11.2. The number of nitrogens with zero attached hydrogens (tertiary/aromatic N) is 1. The topological polar surface area (TPSA) is 61.8 Å². The van der Waals surface area contributed by atoms with Crippen LogP contribution in [0.4, 0.5) is 0 Å². The number of hydroxylamine groups is 1. The Morgan fingerprint density at radius 3 is 2.95 bits per heavy atom. The summed E-state index contributed by atoms with van der Waals surface area (Å²) in [5, 5.41) is 10.2. The summed E-state index contributed by atoms with van der Waals surface area (Å²) in [6.07, 6.45) is 3.01. The fourth-order valence-electron chi connectivity index (χ4n) is 2.49. The lowest BCUT2D eigenvalue weighted by Gasteiger charge is -2.37. The van der Waals surface area contributed by atoms with Crippen molar-refractivity contribution >= 4 is 12.0 Å². The van der Waals surface area contributed by atoms with Crippen LogP contribution in [0, 0.1) is 5.92 Å². The SMILES string of the molecule is CC1CN(Cc2ccc3c(c2O)ONC(=O)C=C3)C1. The fraction of sp³-hybridized carbons (Fsp3) is 0.357. The Morgan fingerprint density at radius 2 is 2.21 bits per heavy atom. The van der Waals surface area contributed by atoms with Crippen LogP contribution in [-0.4, -0.2) is 29.0 Å². The number of amides is 1. The first-order chi connectivity index (χ1) is 9.13. The molecule has 3 rings (SSSR count). The molecule has 0 aromatic heterocycles.